The maximum Gasteiger partial charge on any atom is 0.241 e. The maximum absolute atomic E-state index is 12.2. The Morgan fingerprint density at radius 1 is 1.42 bits per heavy atom. The van der Waals surface area contributed by atoms with Gasteiger partial charge in [-0.15, -0.1) is 0 Å². The van der Waals surface area contributed by atoms with Crippen molar-refractivity contribution in [3.05, 3.63) is 0 Å². The van der Waals surface area contributed by atoms with E-state index in [1.807, 2.05) is 20.8 Å². The number of carbonyl (C=O) groups is 2. The summed E-state index contributed by atoms with van der Waals surface area (Å²) in [4.78, 5) is 25.1. The van der Waals surface area contributed by atoms with Crippen LogP contribution in [0.15, 0.2) is 0 Å². The van der Waals surface area contributed by atoms with Crippen molar-refractivity contribution in [2.45, 2.75) is 38.8 Å². The first-order valence-corrected chi connectivity index (χ1v) is 6.55. The number of hydrogen-bond acceptors (Lipinski definition) is 4. The summed E-state index contributed by atoms with van der Waals surface area (Å²) in [5.74, 6) is -0.445. The molecule has 0 spiro atoms. The minimum Gasteiger partial charge on any atom is -0.378 e. The molecule has 0 saturated heterocycles. The van der Waals surface area contributed by atoms with E-state index in [-0.39, 0.29) is 24.5 Å². The molecule has 2 amide bonds. The van der Waals surface area contributed by atoms with Gasteiger partial charge >= 0.3 is 0 Å². The fraction of sp³-hybridized carbons (Fsp3) is 0.846. The van der Waals surface area contributed by atoms with Crippen molar-refractivity contribution >= 4 is 11.8 Å². The topological polar surface area (TPSA) is 84.7 Å². The predicted molar refractivity (Wildman–Crippen MR) is 72.4 cm³/mol. The van der Waals surface area contributed by atoms with Gasteiger partial charge in [0.05, 0.1) is 12.6 Å². The zero-order valence-corrected chi connectivity index (χ0v) is 12.4. The van der Waals surface area contributed by atoms with Gasteiger partial charge in [-0.25, -0.2) is 0 Å². The second kappa shape index (κ2) is 5.46. The van der Waals surface area contributed by atoms with E-state index in [1.54, 1.807) is 14.1 Å². The van der Waals surface area contributed by atoms with E-state index in [9.17, 15) is 9.59 Å². The van der Waals surface area contributed by atoms with Gasteiger partial charge in [0.25, 0.3) is 0 Å². The lowest BCUT2D eigenvalue weighted by Gasteiger charge is -2.57. The highest BCUT2D eigenvalue weighted by Gasteiger charge is 2.62. The predicted octanol–water partition coefficient (Wildman–Crippen LogP) is -0.277. The number of rotatable bonds is 5. The summed E-state index contributed by atoms with van der Waals surface area (Å²) >= 11 is 0. The molecule has 0 aromatic heterocycles. The molecule has 6 nitrogen and oxygen atoms in total. The van der Waals surface area contributed by atoms with Gasteiger partial charge in [-0.3, -0.25) is 9.59 Å². The third kappa shape index (κ3) is 2.74. The molecular weight excluding hydrogens is 246 g/mol. The summed E-state index contributed by atoms with van der Waals surface area (Å²) in [6.45, 7) is 6.34. The first kappa shape index (κ1) is 15.9. The summed E-state index contributed by atoms with van der Waals surface area (Å²) in [5.41, 5.74) is 4.78. The van der Waals surface area contributed by atoms with Gasteiger partial charge < -0.3 is 20.7 Å². The van der Waals surface area contributed by atoms with Crippen molar-refractivity contribution in [1.82, 2.24) is 10.2 Å². The van der Waals surface area contributed by atoms with E-state index in [0.29, 0.717) is 13.0 Å². The van der Waals surface area contributed by atoms with Crippen LogP contribution in [-0.2, 0) is 14.3 Å². The quantitative estimate of drug-likeness (QED) is 0.720. The van der Waals surface area contributed by atoms with Gasteiger partial charge in [0.15, 0.2) is 0 Å². The number of nitrogens with two attached hydrogens (primary N) is 1. The van der Waals surface area contributed by atoms with Gasteiger partial charge in [0.1, 0.15) is 5.54 Å². The summed E-state index contributed by atoms with van der Waals surface area (Å²) < 4.78 is 5.57. The Morgan fingerprint density at radius 3 is 2.42 bits per heavy atom. The number of likely N-dealkylation sites (N-methyl/N-ethyl adjacent to an activating group) is 1. The van der Waals surface area contributed by atoms with Crippen LogP contribution in [0.5, 0.6) is 0 Å². The molecule has 0 radical (unpaired) electrons. The minimum atomic E-state index is -0.973. The van der Waals surface area contributed by atoms with Crippen molar-refractivity contribution in [2.75, 3.05) is 27.2 Å². The molecule has 1 rings (SSSR count). The summed E-state index contributed by atoms with van der Waals surface area (Å²) in [6, 6.07) is 0. The Kier molecular flexibility index (Phi) is 4.58. The Morgan fingerprint density at radius 2 is 2.00 bits per heavy atom. The third-order valence-corrected chi connectivity index (χ3v) is 4.13. The molecule has 0 bridgehead atoms. The highest BCUT2D eigenvalue weighted by molar-refractivity contribution is 5.92. The van der Waals surface area contributed by atoms with Crippen molar-refractivity contribution in [3.8, 4) is 0 Å². The van der Waals surface area contributed by atoms with Crippen LogP contribution in [0.3, 0.4) is 0 Å². The molecule has 1 aliphatic rings. The molecule has 2 atom stereocenters. The van der Waals surface area contributed by atoms with Crippen LogP contribution in [0.1, 0.15) is 27.2 Å². The van der Waals surface area contributed by atoms with Crippen molar-refractivity contribution in [2.24, 2.45) is 11.1 Å². The largest absolute Gasteiger partial charge is 0.378 e. The lowest BCUT2D eigenvalue weighted by Crippen LogP contribution is -2.76. The van der Waals surface area contributed by atoms with E-state index < -0.39 is 11.0 Å². The van der Waals surface area contributed by atoms with E-state index in [0.717, 1.165) is 0 Å². The molecule has 6 heteroatoms. The van der Waals surface area contributed by atoms with E-state index >= 15 is 0 Å². The number of carbonyl (C=O) groups excluding carboxylic acids is 2. The Balaban J connectivity index is 2.60. The summed E-state index contributed by atoms with van der Waals surface area (Å²) in [5, 5.41) is 2.61. The number of nitrogens with one attached hydrogen (secondary N) is 1. The molecule has 0 heterocycles. The SMILES string of the molecule is CCOC1CC(N)(C(=O)NCC(=O)N(C)C)C1(C)C. The zero-order chi connectivity index (χ0) is 14.8. The van der Waals surface area contributed by atoms with Crippen LogP contribution in [0.25, 0.3) is 0 Å². The monoisotopic (exact) mass is 271 g/mol. The van der Waals surface area contributed by atoms with E-state index in [2.05, 4.69) is 5.32 Å². The van der Waals surface area contributed by atoms with Crippen LogP contribution in [0.2, 0.25) is 0 Å². The molecule has 19 heavy (non-hydrogen) atoms. The molecule has 0 aliphatic heterocycles. The second-order valence-corrected chi connectivity index (χ2v) is 5.81. The van der Waals surface area contributed by atoms with Crippen LogP contribution >= 0.6 is 0 Å². The Hall–Kier alpha value is -1.14. The van der Waals surface area contributed by atoms with Gasteiger partial charge in [-0.1, -0.05) is 13.8 Å². The van der Waals surface area contributed by atoms with Gasteiger partial charge in [0, 0.05) is 32.5 Å². The standard InChI is InChI=1S/C13H25N3O3/c1-6-19-9-7-13(14,12(9,2)3)11(18)15-8-10(17)16(4)5/h9H,6-8,14H2,1-5H3,(H,15,18). The highest BCUT2D eigenvalue weighted by Crippen LogP contribution is 2.49. The smallest absolute Gasteiger partial charge is 0.241 e. The molecule has 1 fully saturated rings. The molecule has 110 valence electrons. The fourth-order valence-corrected chi connectivity index (χ4v) is 2.29. The molecule has 1 aliphatic carbocycles. The Labute approximate surface area is 114 Å². The highest BCUT2D eigenvalue weighted by atomic mass is 16.5. The minimum absolute atomic E-state index is 0.0159. The van der Waals surface area contributed by atoms with Crippen molar-refractivity contribution < 1.29 is 14.3 Å². The van der Waals surface area contributed by atoms with Gasteiger partial charge in [-0.05, 0) is 6.92 Å². The average molecular weight is 271 g/mol. The first-order chi connectivity index (χ1) is 8.66. The zero-order valence-electron chi connectivity index (χ0n) is 12.4. The number of ether oxygens (including phenoxy) is 1. The molecular formula is C13H25N3O3. The molecule has 1 saturated carbocycles. The van der Waals surface area contributed by atoms with Crippen molar-refractivity contribution in [1.29, 1.82) is 0 Å². The van der Waals surface area contributed by atoms with Crippen LogP contribution in [-0.4, -0.2) is 55.6 Å². The number of amides is 2. The lowest BCUT2D eigenvalue weighted by atomic mass is 9.54. The van der Waals surface area contributed by atoms with Crippen LogP contribution in [0.4, 0.5) is 0 Å². The van der Waals surface area contributed by atoms with Gasteiger partial charge in [0.2, 0.25) is 11.8 Å². The van der Waals surface area contributed by atoms with Crippen LogP contribution < -0.4 is 11.1 Å². The van der Waals surface area contributed by atoms with E-state index in [4.69, 9.17) is 10.5 Å². The Bertz CT molecular complexity index is 368. The molecule has 0 aromatic rings. The molecule has 2 unspecified atom stereocenters. The number of nitrogens with zero attached hydrogens (tertiary/aromatic N) is 1. The first-order valence-electron chi connectivity index (χ1n) is 6.55. The van der Waals surface area contributed by atoms with Crippen molar-refractivity contribution in [3.63, 3.8) is 0 Å². The van der Waals surface area contributed by atoms with E-state index in [1.165, 1.54) is 4.90 Å². The summed E-state index contributed by atoms with van der Waals surface area (Å²) in [7, 11) is 3.29. The average Bonchev–Trinajstić information content (AvgIpc) is 2.34. The molecule has 0 aromatic carbocycles. The normalized spacial score (nSPS) is 28.4. The second-order valence-electron chi connectivity index (χ2n) is 5.81. The third-order valence-electron chi connectivity index (χ3n) is 4.13. The maximum atomic E-state index is 12.2. The van der Waals surface area contributed by atoms with Crippen LogP contribution in [0, 0.1) is 5.41 Å². The summed E-state index contributed by atoms with van der Waals surface area (Å²) in [6.07, 6.45) is 0.466. The molecule has 3 N–H and O–H groups in total. The number of hydrogen-bond donors (Lipinski definition) is 2. The van der Waals surface area contributed by atoms with Gasteiger partial charge in [-0.2, -0.15) is 0 Å². The lowest BCUT2D eigenvalue weighted by molar-refractivity contribution is -0.171. The fourth-order valence-electron chi connectivity index (χ4n) is 2.29.